The Morgan fingerprint density at radius 1 is 0.696 bits per heavy atom. The monoisotopic (exact) mass is 320 g/mol. The van der Waals surface area contributed by atoms with Crippen molar-refractivity contribution in [3.63, 3.8) is 0 Å². The molecule has 0 radical (unpaired) electrons. The maximum Gasteiger partial charge on any atom is -0.0383 e. The van der Waals surface area contributed by atoms with Crippen molar-refractivity contribution in [1.29, 1.82) is 0 Å². The summed E-state index contributed by atoms with van der Waals surface area (Å²) in [7, 11) is 0. The van der Waals surface area contributed by atoms with Gasteiger partial charge >= 0.3 is 0 Å². The van der Waals surface area contributed by atoms with E-state index in [9.17, 15) is 0 Å². The van der Waals surface area contributed by atoms with Gasteiger partial charge in [0.05, 0.1) is 0 Å². The maximum absolute atomic E-state index is 2.52. The van der Waals surface area contributed by atoms with Crippen LogP contribution in [0.4, 0.5) is 0 Å². The fourth-order valence-corrected chi connectivity index (χ4v) is 5.22. The molecular weight excluding hydrogens is 276 g/mol. The molecule has 7 unspecified atom stereocenters. The van der Waals surface area contributed by atoms with Gasteiger partial charge in [-0.1, -0.05) is 79.6 Å². The van der Waals surface area contributed by atoms with Crippen LogP contribution in [-0.2, 0) is 0 Å². The average Bonchev–Trinajstić information content (AvgIpc) is 3.20. The van der Waals surface area contributed by atoms with Crippen LogP contribution in [0.5, 0.6) is 0 Å². The van der Waals surface area contributed by atoms with E-state index >= 15 is 0 Å². The second kappa shape index (κ2) is 9.47. The summed E-state index contributed by atoms with van der Waals surface area (Å²) in [6.45, 7) is 12.3. The molecule has 0 nitrogen and oxygen atoms in total. The highest BCUT2D eigenvalue weighted by atomic mass is 14.4. The Bertz CT molecular complexity index is 320. The fourth-order valence-electron chi connectivity index (χ4n) is 5.22. The summed E-state index contributed by atoms with van der Waals surface area (Å²) in [4.78, 5) is 0. The smallest absolute Gasteiger partial charge is 0.0383 e. The third-order valence-electron chi connectivity index (χ3n) is 7.51. The van der Waals surface area contributed by atoms with Crippen molar-refractivity contribution in [3.05, 3.63) is 0 Å². The molecule has 2 aliphatic rings. The molecule has 0 amide bonds. The molecule has 7 atom stereocenters. The van der Waals surface area contributed by atoms with E-state index in [0.717, 1.165) is 41.4 Å². The van der Waals surface area contributed by atoms with Gasteiger partial charge in [0.2, 0.25) is 0 Å². The van der Waals surface area contributed by atoms with E-state index < -0.39 is 0 Å². The molecule has 0 N–H and O–H groups in total. The molecule has 2 fully saturated rings. The van der Waals surface area contributed by atoms with Crippen molar-refractivity contribution in [3.8, 4) is 0 Å². The molecule has 23 heavy (non-hydrogen) atoms. The lowest BCUT2D eigenvalue weighted by Crippen LogP contribution is -2.27. The summed E-state index contributed by atoms with van der Waals surface area (Å²) in [6.07, 6.45) is 16.4. The van der Waals surface area contributed by atoms with Crippen LogP contribution in [0.3, 0.4) is 0 Å². The number of rotatable bonds is 10. The first-order valence-electron chi connectivity index (χ1n) is 11.0. The van der Waals surface area contributed by atoms with E-state index in [0.29, 0.717) is 0 Å². The Hall–Kier alpha value is 0. The minimum absolute atomic E-state index is 0.959. The number of hydrogen-bond donors (Lipinski definition) is 0. The zero-order valence-corrected chi connectivity index (χ0v) is 16.8. The number of hydrogen-bond acceptors (Lipinski definition) is 0. The molecule has 0 bridgehead atoms. The topological polar surface area (TPSA) is 0 Å². The van der Waals surface area contributed by atoms with Crippen LogP contribution < -0.4 is 0 Å². The molecule has 0 aromatic rings. The molecule has 0 spiro atoms. The van der Waals surface area contributed by atoms with Crippen molar-refractivity contribution in [2.45, 2.75) is 105 Å². The Morgan fingerprint density at radius 2 is 1.30 bits per heavy atom. The van der Waals surface area contributed by atoms with Gasteiger partial charge in [-0.2, -0.15) is 0 Å². The minimum atomic E-state index is 0.959. The highest BCUT2D eigenvalue weighted by molar-refractivity contribution is 4.84. The Morgan fingerprint density at radius 3 is 1.96 bits per heavy atom. The maximum atomic E-state index is 2.52. The lowest BCUT2D eigenvalue weighted by atomic mass is 9.68. The van der Waals surface area contributed by atoms with Gasteiger partial charge in [-0.05, 0) is 67.1 Å². The molecule has 0 heteroatoms. The van der Waals surface area contributed by atoms with Crippen molar-refractivity contribution in [1.82, 2.24) is 0 Å². The van der Waals surface area contributed by atoms with Gasteiger partial charge in [-0.25, -0.2) is 0 Å². The van der Waals surface area contributed by atoms with Crippen molar-refractivity contribution >= 4 is 0 Å². The molecule has 0 aromatic carbocycles. The van der Waals surface area contributed by atoms with Gasteiger partial charge in [-0.15, -0.1) is 0 Å². The van der Waals surface area contributed by atoms with Gasteiger partial charge in [-0.3, -0.25) is 0 Å². The zero-order chi connectivity index (χ0) is 16.8. The van der Waals surface area contributed by atoms with Crippen molar-refractivity contribution < 1.29 is 0 Å². The summed E-state index contributed by atoms with van der Waals surface area (Å²) in [5, 5.41) is 0. The Labute approximate surface area is 147 Å². The molecule has 2 rings (SSSR count). The lowest BCUT2D eigenvalue weighted by Gasteiger charge is -2.37. The Kier molecular flexibility index (Phi) is 7.96. The summed E-state index contributed by atoms with van der Waals surface area (Å²) in [6, 6.07) is 0. The average molecular weight is 321 g/mol. The van der Waals surface area contributed by atoms with E-state index in [4.69, 9.17) is 0 Å². The molecule has 0 saturated heterocycles. The molecule has 2 saturated carbocycles. The summed E-state index contributed by atoms with van der Waals surface area (Å²) < 4.78 is 0. The van der Waals surface area contributed by atoms with Gasteiger partial charge in [0.25, 0.3) is 0 Å². The predicted molar refractivity (Wildman–Crippen MR) is 104 cm³/mol. The summed E-state index contributed by atoms with van der Waals surface area (Å²) >= 11 is 0. The van der Waals surface area contributed by atoms with E-state index in [2.05, 4.69) is 34.6 Å². The van der Waals surface area contributed by atoms with Crippen LogP contribution in [-0.4, -0.2) is 0 Å². The highest BCUT2D eigenvalue weighted by Crippen LogP contribution is 2.44. The normalized spacial score (nSPS) is 38.5. The van der Waals surface area contributed by atoms with E-state index in [1.165, 1.54) is 64.2 Å². The third-order valence-corrected chi connectivity index (χ3v) is 7.51. The van der Waals surface area contributed by atoms with Crippen LogP contribution in [0.1, 0.15) is 105 Å². The molecular formula is C23H44. The largest absolute Gasteiger partial charge is 0.0654 e. The van der Waals surface area contributed by atoms with Crippen LogP contribution in [0, 0.1) is 41.4 Å². The summed E-state index contributed by atoms with van der Waals surface area (Å²) in [5.41, 5.74) is 0. The minimum Gasteiger partial charge on any atom is -0.0654 e. The Balaban J connectivity index is 1.63. The number of unbranched alkanes of at least 4 members (excludes halogenated alkanes) is 2. The molecule has 0 aliphatic heterocycles. The van der Waals surface area contributed by atoms with Crippen LogP contribution in [0.15, 0.2) is 0 Å². The van der Waals surface area contributed by atoms with Crippen LogP contribution in [0.25, 0.3) is 0 Å². The van der Waals surface area contributed by atoms with Gasteiger partial charge in [0, 0.05) is 0 Å². The van der Waals surface area contributed by atoms with Crippen molar-refractivity contribution in [2.24, 2.45) is 41.4 Å². The van der Waals surface area contributed by atoms with E-state index in [1.807, 2.05) is 0 Å². The zero-order valence-electron chi connectivity index (χ0n) is 16.8. The third kappa shape index (κ3) is 6.43. The van der Waals surface area contributed by atoms with E-state index in [-0.39, 0.29) is 0 Å². The first kappa shape index (κ1) is 19.3. The fraction of sp³-hybridized carbons (Fsp3) is 1.00. The van der Waals surface area contributed by atoms with Crippen molar-refractivity contribution in [2.75, 3.05) is 0 Å². The molecule has 136 valence electrons. The van der Waals surface area contributed by atoms with Gasteiger partial charge in [0.1, 0.15) is 0 Å². The standard InChI is InChI=1S/C23H44/c1-6-7-10-21(16-23-15-20(23)5)11-8-9-12-22-14-18(3)17(2)13-19(22)4/h17-23H,6-16H2,1-5H3. The van der Waals surface area contributed by atoms with Crippen LogP contribution >= 0.6 is 0 Å². The molecule has 2 aliphatic carbocycles. The van der Waals surface area contributed by atoms with Crippen LogP contribution in [0.2, 0.25) is 0 Å². The first-order chi connectivity index (χ1) is 11.0. The summed E-state index contributed by atoms with van der Waals surface area (Å²) in [5.74, 6) is 7.11. The molecule has 0 heterocycles. The van der Waals surface area contributed by atoms with Gasteiger partial charge < -0.3 is 0 Å². The quantitative estimate of drug-likeness (QED) is 0.361. The second-order valence-electron chi connectivity index (χ2n) is 9.66. The van der Waals surface area contributed by atoms with Gasteiger partial charge in [0.15, 0.2) is 0 Å². The SMILES string of the molecule is CCCCC(CCCCC1CC(C)C(C)CC1C)CC1CC1C. The first-order valence-corrected chi connectivity index (χ1v) is 11.0. The van der Waals surface area contributed by atoms with E-state index in [1.54, 1.807) is 6.42 Å². The lowest BCUT2D eigenvalue weighted by molar-refractivity contribution is 0.134. The second-order valence-corrected chi connectivity index (χ2v) is 9.66. The predicted octanol–water partition coefficient (Wildman–Crippen LogP) is 7.72. The highest BCUT2D eigenvalue weighted by Gasteiger charge is 2.34. The molecule has 0 aromatic heterocycles.